The van der Waals surface area contributed by atoms with Gasteiger partial charge in [-0.2, -0.15) is 0 Å². The van der Waals surface area contributed by atoms with Crippen molar-refractivity contribution in [2.24, 2.45) is 0 Å². The van der Waals surface area contributed by atoms with Gasteiger partial charge in [0.15, 0.2) is 0 Å². The molecule has 114 valence electrons. The second kappa shape index (κ2) is 6.56. The summed E-state index contributed by atoms with van der Waals surface area (Å²) in [5, 5.41) is 3.30. The monoisotopic (exact) mass is 296 g/mol. The highest BCUT2D eigenvalue weighted by atomic mass is 16.2. The Kier molecular flexibility index (Phi) is 4.32. The zero-order valence-electron chi connectivity index (χ0n) is 12.7. The fourth-order valence-corrected chi connectivity index (χ4v) is 2.64. The minimum atomic E-state index is -0.0207. The second-order valence-electron chi connectivity index (χ2n) is 5.56. The van der Waals surface area contributed by atoms with Crippen molar-refractivity contribution in [3.63, 3.8) is 0 Å². The van der Waals surface area contributed by atoms with E-state index >= 15 is 0 Å². The fourth-order valence-electron chi connectivity index (χ4n) is 2.64. The molecule has 0 saturated carbocycles. The number of aromatic nitrogens is 2. The van der Waals surface area contributed by atoms with Gasteiger partial charge >= 0.3 is 0 Å². The Morgan fingerprint density at radius 2 is 1.86 bits per heavy atom. The van der Waals surface area contributed by atoms with Gasteiger partial charge in [-0.3, -0.25) is 4.79 Å². The van der Waals surface area contributed by atoms with Crippen LogP contribution in [0.25, 0.3) is 0 Å². The molecule has 1 fully saturated rings. The van der Waals surface area contributed by atoms with Crippen LogP contribution >= 0.6 is 0 Å². The summed E-state index contributed by atoms with van der Waals surface area (Å²) in [4.78, 5) is 22.6. The molecule has 5 heteroatoms. The predicted molar refractivity (Wildman–Crippen MR) is 85.6 cm³/mol. The lowest BCUT2D eigenvalue weighted by Crippen LogP contribution is -2.28. The van der Waals surface area contributed by atoms with Crippen LogP contribution in [-0.2, 0) is 0 Å². The summed E-state index contributed by atoms with van der Waals surface area (Å²) < 4.78 is 0. The van der Waals surface area contributed by atoms with E-state index in [0.29, 0.717) is 11.5 Å². The first-order valence-corrected chi connectivity index (χ1v) is 7.67. The Bertz CT molecular complexity index is 621. The number of hydrogen-bond acceptors (Lipinski definition) is 4. The fraction of sp³-hybridized carbons (Fsp3) is 0.353. The molecule has 1 aromatic heterocycles. The molecule has 0 bridgehead atoms. The minimum absolute atomic E-state index is 0.0207. The number of benzene rings is 1. The molecule has 1 N–H and O–H groups in total. The van der Waals surface area contributed by atoms with E-state index in [1.165, 1.54) is 5.56 Å². The lowest BCUT2D eigenvalue weighted by molar-refractivity contribution is 0.0786. The molecule has 1 aliphatic heterocycles. The third-order valence-electron chi connectivity index (χ3n) is 3.93. The molecular weight excluding hydrogens is 276 g/mol. The van der Waals surface area contributed by atoms with Crippen molar-refractivity contribution < 1.29 is 4.79 Å². The Hall–Kier alpha value is -2.43. The zero-order chi connectivity index (χ0) is 15.4. The molecule has 22 heavy (non-hydrogen) atoms. The van der Waals surface area contributed by atoms with Gasteiger partial charge in [-0.15, -0.1) is 0 Å². The maximum Gasteiger partial charge on any atom is 0.274 e. The molecule has 1 saturated heterocycles. The molecule has 2 aromatic rings. The van der Waals surface area contributed by atoms with E-state index in [-0.39, 0.29) is 11.9 Å². The topological polar surface area (TPSA) is 58.1 Å². The molecule has 0 radical (unpaired) electrons. The van der Waals surface area contributed by atoms with Gasteiger partial charge in [0.05, 0.1) is 12.4 Å². The number of nitrogens with zero attached hydrogens (tertiary/aromatic N) is 3. The second-order valence-corrected chi connectivity index (χ2v) is 5.56. The lowest BCUT2D eigenvalue weighted by atomic mass is 10.1. The predicted octanol–water partition coefficient (Wildman–Crippen LogP) is 2.89. The number of nitrogens with one attached hydrogen (secondary N) is 1. The summed E-state index contributed by atoms with van der Waals surface area (Å²) in [6, 6.07) is 10.3. The molecule has 1 aromatic carbocycles. The zero-order valence-corrected chi connectivity index (χ0v) is 12.7. The van der Waals surface area contributed by atoms with Gasteiger partial charge in [-0.05, 0) is 25.3 Å². The number of amides is 1. The van der Waals surface area contributed by atoms with Gasteiger partial charge in [0.1, 0.15) is 11.5 Å². The summed E-state index contributed by atoms with van der Waals surface area (Å²) in [7, 11) is 0. The number of anilines is 1. The third kappa shape index (κ3) is 3.24. The van der Waals surface area contributed by atoms with E-state index in [1.807, 2.05) is 23.1 Å². The van der Waals surface area contributed by atoms with Gasteiger partial charge in [0.2, 0.25) is 0 Å². The van der Waals surface area contributed by atoms with Crippen molar-refractivity contribution in [2.45, 2.75) is 25.8 Å². The van der Waals surface area contributed by atoms with Crippen LogP contribution in [0, 0.1) is 0 Å². The van der Waals surface area contributed by atoms with Gasteiger partial charge in [-0.25, -0.2) is 9.97 Å². The largest absolute Gasteiger partial charge is 0.362 e. The first kappa shape index (κ1) is 14.5. The smallest absolute Gasteiger partial charge is 0.274 e. The quantitative estimate of drug-likeness (QED) is 0.942. The summed E-state index contributed by atoms with van der Waals surface area (Å²) in [5.74, 6) is 0.655. The van der Waals surface area contributed by atoms with E-state index in [0.717, 1.165) is 25.9 Å². The summed E-state index contributed by atoms with van der Waals surface area (Å²) in [6.45, 7) is 3.72. The van der Waals surface area contributed by atoms with Crippen molar-refractivity contribution in [1.82, 2.24) is 14.9 Å². The standard InChI is InChI=1S/C17H20N4O/c1-13(14-7-3-2-4-8-14)20-16-12-18-15(11-19-16)17(22)21-9-5-6-10-21/h2-4,7-8,11-13H,5-6,9-10H2,1H3,(H,19,20). The highest BCUT2D eigenvalue weighted by Gasteiger charge is 2.20. The van der Waals surface area contributed by atoms with Crippen molar-refractivity contribution in [2.75, 3.05) is 18.4 Å². The first-order valence-electron chi connectivity index (χ1n) is 7.67. The van der Waals surface area contributed by atoms with E-state index in [4.69, 9.17) is 0 Å². The molecular formula is C17H20N4O. The Balaban J connectivity index is 1.65. The number of carbonyl (C=O) groups excluding carboxylic acids is 1. The van der Waals surface area contributed by atoms with Crippen LogP contribution in [0.1, 0.15) is 41.9 Å². The summed E-state index contributed by atoms with van der Waals surface area (Å²) >= 11 is 0. The molecule has 1 amide bonds. The van der Waals surface area contributed by atoms with E-state index < -0.39 is 0 Å². The first-order chi connectivity index (χ1) is 10.7. The average Bonchev–Trinajstić information content (AvgIpc) is 3.10. The van der Waals surface area contributed by atoms with Crippen LogP contribution in [0.15, 0.2) is 42.7 Å². The molecule has 5 nitrogen and oxygen atoms in total. The van der Waals surface area contributed by atoms with Crippen LogP contribution in [0.2, 0.25) is 0 Å². The molecule has 1 aliphatic rings. The highest BCUT2D eigenvalue weighted by Crippen LogP contribution is 2.17. The number of carbonyl (C=O) groups is 1. The molecule has 3 rings (SSSR count). The van der Waals surface area contributed by atoms with E-state index in [2.05, 4.69) is 34.3 Å². The lowest BCUT2D eigenvalue weighted by Gasteiger charge is -2.16. The number of likely N-dealkylation sites (tertiary alicyclic amines) is 1. The SMILES string of the molecule is CC(Nc1cnc(C(=O)N2CCCC2)cn1)c1ccccc1. The Morgan fingerprint density at radius 1 is 1.14 bits per heavy atom. The van der Waals surface area contributed by atoms with Crippen molar-refractivity contribution >= 4 is 11.7 Å². The Morgan fingerprint density at radius 3 is 2.50 bits per heavy atom. The minimum Gasteiger partial charge on any atom is -0.362 e. The van der Waals surface area contributed by atoms with Gasteiger partial charge in [-0.1, -0.05) is 30.3 Å². The molecule has 0 aliphatic carbocycles. The van der Waals surface area contributed by atoms with Crippen LogP contribution in [0.5, 0.6) is 0 Å². The van der Waals surface area contributed by atoms with Crippen LogP contribution < -0.4 is 5.32 Å². The molecule has 1 atom stereocenters. The Labute approximate surface area is 130 Å². The van der Waals surface area contributed by atoms with Crippen LogP contribution in [-0.4, -0.2) is 33.9 Å². The average molecular weight is 296 g/mol. The van der Waals surface area contributed by atoms with Gasteiger partial charge in [0.25, 0.3) is 5.91 Å². The van der Waals surface area contributed by atoms with Crippen LogP contribution in [0.3, 0.4) is 0 Å². The van der Waals surface area contributed by atoms with Crippen molar-refractivity contribution in [3.8, 4) is 0 Å². The van der Waals surface area contributed by atoms with E-state index in [9.17, 15) is 4.79 Å². The van der Waals surface area contributed by atoms with E-state index in [1.54, 1.807) is 12.4 Å². The van der Waals surface area contributed by atoms with Crippen molar-refractivity contribution in [3.05, 3.63) is 54.0 Å². The maximum atomic E-state index is 12.2. The van der Waals surface area contributed by atoms with Crippen LogP contribution in [0.4, 0.5) is 5.82 Å². The summed E-state index contributed by atoms with van der Waals surface area (Å²) in [5.41, 5.74) is 1.60. The van der Waals surface area contributed by atoms with Crippen molar-refractivity contribution in [1.29, 1.82) is 0 Å². The third-order valence-corrected chi connectivity index (χ3v) is 3.93. The summed E-state index contributed by atoms with van der Waals surface area (Å²) in [6.07, 6.45) is 5.34. The normalized spacial score (nSPS) is 15.6. The molecule has 1 unspecified atom stereocenters. The molecule has 0 spiro atoms. The highest BCUT2D eigenvalue weighted by molar-refractivity contribution is 5.92. The van der Waals surface area contributed by atoms with Gasteiger partial charge in [0, 0.05) is 19.1 Å². The molecule has 2 heterocycles. The maximum absolute atomic E-state index is 12.2. The number of rotatable bonds is 4. The van der Waals surface area contributed by atoms with Gasteiger partial charge < -0.3 is 10.2 Å². The number of hydrogen-bond donors (Lipinski definition) is 1.